The molecule has 0 bridgehead atoms. The van der Waals surface area contributed by atoms with Gasteiger partial charge in [0.1, 0.15) is 6.04 Å². The summed E-state index contributed by atoms with van der Waals surface area (Å²) in [5, 5.41) is 23.1. The highest BCUT2D eigenvalue weighted by atomic mass is 16.4. The van der Waals surface area contributed by atoms with Crippen LogP contribution in [0.15, 0.2) is 24.3 Å². The molecule has 110 valence electrons. The van der Waals surface area contributed by atoms with E-state index >= 15 is 0 Å². The summed E-state index contributed by atoms with van der Waals surface area (Å²) in [6.07, 6.45) is 2.12. The molecular formula is C15H17N3O3. The van der Waals surface area contributed by atoms with Crippen LogP contribution in [0.2, 0.25) is 0 Å². The Labute approximate surface area is 122 Å². The quantitative estimate of drug-likeness (QED) is 0.698. The van der Waals surface area contributed by atoms with E-state index in [1.807, 2.05) is 0 Å². The van der Waals surface area contributed by atoms with Gasteiger partial charge in [0.25, 0.3) is 0 Å². The summed E-state index contributed by atoms with van der Waals surface area (Å²) >= 11 is 0. The van der Waals surface area contributed by atoms with E-state index in [1.165, 1.54) is 0 Å². The zero-order valence-corrected chi connectivity index (χ0v) is 11.5. The Morgan fingerprint density at radius 1 is 1.33 bits per heavy atom. The van der Waals surface area contributed by atoms with Crippen molar-refractivity contribution in [1.82, 2.24) is 5.32 Å². The fourth-order valence-corrected chi connectivity index (χ4v) is 2.09. The minimum Gasteiger partial charge on any atom is -0.480 e. The molecule has 6 heteroatoms. The third kappa shape index (κ3) is 4.58. The largest absolute Gasteiger partial charge is 0.480 e. The number of aliphatic carboxylic acids is 1. The van der Waals surface area contributed by atoms with Gasteiger partial charge >= 0.3 is 5.97 Å². The van der Waals surface area contributed by atoms with Crippen molar-refractivity contribution in [2.45, 2.75) is 25.3 Å². The van der Waals surface area contributed by atoms with Gasteiger partial charge in [0.05, 0.1) is 19.0 Å². The first kappa shape index (κ1) is 15.0. The summed E-state index contributed by atoms with van der Waals surface area (Å²) < 4.78 is 0. The lowest BCUT2D eigenvalue weighted by atomic mass is 10.1. The number of anilines is 1. The van der Waals surface area contributed by atoms with E-state index in [0.29, 0.717) is 12.1 Å². The maximum Gasteiger partial charge on any atom is 0.320 e. The summed E-state index contributed by atoms with van der Waals surface area (Å²) in [6.45, 7) is -0.0343. The minimum absolute atomic E-state index is 0.0343. The summed E-state index contributed by atoms with van der Waals surface area (Å²) in [7, 11) is 0. The molecule has 6 nitrogen and oxygen atoms in total. The van der Waals surface area contributed by atoms with Gasteiger partial charge < -0.3 is 10.4 Å². The molecule has 21 heavy (non-hydrogen) atoms. The predicted octanol–water partition coefficient (Wildman–Crippen LogP) is 1.14. The normalized spacial score (nSPS) is 15.0. The molecule has 0 aliphatic heterocycles. The first-order valence-corrected chi connectivity index (χ1v) is 6.82. The number of benzene rings is 1. The van der Waals surface area contributed by atoms with Crippen LogP contribution in [-0.2, 0) is 16.0 Å². The number of nitrogens with zero attached hydrogens (tertiary/aromatic N) is 1. The molecule has 1 unspecified atom stereocenters. The molecule has 0 saturated heterocycles. The molecule has 1 aromatic rings. The van der Waals surface area contributed by atoms with Crippen LogP contribution in [0.25, 0.3) is 0 Å². The summed E-state index contributed by atoms with van der Waals surface area (Å²) in [6, 6.07) is 8.40. The van der Waals surface area contributed by atoms with E-state index in [1.54, 1.807) is 24.3 Å². The zero-order valence-electron chi connectivity index (χ0n) is 11.5. The van der Waals surface area contributed by atoms with Crippen molar-refractivity contribution in [3.05, 3.63) is 29.8 Å². The van der Waals surface area contributed by atoms with Gasteiger partial charge in [-0.15, -0.1) is 0 Å². The van der Waals surface area contributed by atoms with Gasteiger partial charge in [0.2, 0.25) is 5.91 Å². The SMILES string of the molecule is N#CCc1ccc(NC(=O)CNC(C(=O)O)C2CC2)cc1. The maximum absolute atomic E-state index is 11.8. The van der Waals surface area contributed by atoms with Crippen LogP contribution in [0, 0.1) is 17.2 Å². The fraction of sp³-hybridized carbons (Fsp3) is 0.400. The van der Waals surface area contributed by atoms with Crippen LogP contribution in [0.3, 0.4) is 0 Å². The molecule has 1 aliphatic rings. The highest BCUT2D eigenvalue weighted by Crippen LogP contribution is 2.32. The molecule has 1 amide bonds. The van der Waals surface area contributed by atoms with Crippen molar-refractivity contribution in [2.24, 2.45) is 5.92 Å². The van der Waals surface area contributed by atoms with Crippen LogP contribution in [0.5, 0.6) is 0 Å². The number of nitriles is 1. The number of carboxylic acid groups (broad SMARTS) is 1. The van der Waals surface area contributed by atoms with Crippen LogP contribution in [-0.4, -0.2) is 29.6 Å². The molecule has 0 aromatic heterocycles. The summed E-state index contributed by atoms with van der Waals surface area (Å²) in [5.74, 6) is -1.05. The molecule has 0 heterocycles. The summed E-state index contributed by atoms with van der Waals surface area (Å²) in [4.78, 5) is 22.8. The third-order valence-electron chi connectivity index (χ3n) is 3.36. The van der Waals surface area contributed by atoms with Crippen LogP contribution >= 0.6 is 0 Å². The van der Waals surface area contributed by atoms with E-state index in [2.05, 4.69) is 16.7 Å². The number of rotatable bonds is 7. The molecule has 1 saturated carbocycles. The average molecular weight is 287 g/mol. The fourth-order valence-electron chi connectivity index (χ4n) is 2.09. The number of hydrogen-bond donors (Lipinski definition) is 3. The van der Waals surface area contributed by atoms with Gasteiger partial charge in [-0.1, -0.05) is 12.1 Å². The van der Waals surface area contributed by atoms with Crippen molar-refractivity contribution >= 4 is 17.6 Å². The Hall–Kier alpha value is -2.39. The van der Waals surface area contributed by atoms with Crippen molar-refractivity contribution < 1.29 is 14.7 Å². The second-order valence-electron chi connectivity index (χ2n) is 5.11. The van der Waals surface area contributed by atoms with Gasteiger partial charge in [-0.25, -0.2) is 0 Å². The molecule has 0 spiro atoms. The monoisotopic (exact) mass is 287 g/mol. The Bertz CT molecular complexity index is 559. The number of amides is 1. The Balaban J connectivity index is 1.81. The van der Waals surface area contributed by atoms with Crippen molar-refractivity contribution in [3.8, 4) is 6.07 Å². The molecule has 0 radical (unpaired) electrons. The van der Waals surface area contributed by atoms with E-state index in [9.17, 15) is 9.59 Å². The predicted molar refractivity (Wildman–Crippen MR) is 76.5 cm³/mol. The molecule has 1 fully saturated rings. The van der Waals surface area contributed by atoms with E-state index in [-0.39, 0.29) is 18.4 Å². The smallest absolute Gasteiger partial charge is 0.320 e. The van der Waals surface area contributed by atoms with E-state index in [4.69, 9.17) is 10.4 Å². The number of carbonyl (C=O) groups is 2. The van der Waals surface area contributed by atoms with Gasteiger partial charge in [0, 0.05) is 5.69 Å². The second-order valence-corrected chi connectivity index (χ2v) is 5.11. The lowest BCUT2D eigenvalue weighted by molar-refractivity contribution is -0.140. The number of nitrogens with one attached hydrogen (secondary N) is 2. The Morgan fingerprint density at radius 2 is 2.00 bits per heavy atom. The lowest BCUT2D eigenvalue weighted by Crippen LogP contribution is -2.42. The molecule has 1 aromatic carbocycles. The minimum atomic E-state index is -0.911. The molecule has 1 atom stereocenters. The second kappa shape index (κ2) is 6.86. The van der Waals surface area contributed by atoms with Gasteiger partial charge in [-0.3, -0.25) is 14.9 Å². The van der Waals surface area contributed by atoms with Crippen molar-refractivity contribution in [3.63, 3.8) is 0 Å². The van der Waals surface area contributed by atoms with Crippen LogP contribution in [0.1, 0.15) is 18.4 Å². The van der Waals surface area contributed by atoms with Crippen LogP contribution < -0.4 is 10.6 Å². The first-order chi connectivity index (χ1) is 10.1. The zero-order chi connectivity index (χ0) is 15.2. The Morgan fingerprint density at radius 3 is 2.52 bits per heavy atom. The lowest BCUT2D eigenvalue weighted by Gasteiger charge is -2.13. The Kier molecular flexibility index (Phi) is 4.90. The van der Waals surface area contributed by atoms with Crippen molar-refractivity contribution in [2.75, 3.05) is 11.9 Å². The highest BCUT2D eigenvalue weighted by molar-refractivity contribution is 5.92. The van der Waals surface area contributed by atoms with Crippen molar-refractivity contribution in [1.29, 1.82) is 5.26 Å². The number of carboxylic acids is 1. The highest BCUT2D eigenvalue weighted by Gasteiger charge is 2.36. The molecule has 2 rings (SSSR count). The van der Waals surface area contributed by atoms with Gasteiger partial charge in [0.15, 0.2) is 0 Å². The maximum atomic E-state index is 11.8. The van der Waals surface area contributed by atoms with E-state index in [0.717, 1.165) is 18.4 Å². The molecule has 3 N–H and O–H groups in total. The van der Waals surface area contributed by atoms with E-state index < -0.39 is 12.0 Å². The number of carbonyl (C=O) groups excluding carboxylic acids is 1. The van der Waals surface area contributed by atoms with Crippen LogP contribution in [0.4, 0.5) is 5.69 Å². The van der Waals surface area contributed by atoms with Gasteiger partial charge in [-0.05, 0) is 36.5 Å². The standard InChI is InChI=1S/C15H17N3O3/c16-8-7-10-1-5-12(6-2-10)18-13(19)9-17-14(15(20)21)11-3-4-11/h1-2,5-6,11,14,17H,3-4,7,9H2,(H,18,19)(H,20,21). The topological polar surface area (TPSA) is 102 Å². The average Bonchev–Trinajstić information content (AvgIpc) is 3.26. The van der Waals surface area contributed by atoms with Gasteiger partial charge in [-0.2, -0.15) is 5.26 Å². The summed E-state index contributed by atoms with van der Waals surface area (Å²) in [5.41, 5.74) is 1.51. The molecule has 1 aliphatic carbocycles. The number of hydrogen-bond acceptors (Lipinski definition) is 4. The third-order valence-corrected chi connectivity index (χ3v) is 3.36. The first-order valence-electron chi connectivity index (χ1n) is 6.82. The molecular weight excluding hydrogens is 270 g/mol.